The van der Waals surface area contributed by atoms with Crippen molar-refractivity contribution in [2.75, 3.05) is 7.11 Å². The molecule has 0 unspecified atom stereocenters. The van der Waals surface area contributed by atoms with Crippen LogP contribution in [0.5, 0.6) is 11.5 Å². The molecule has 0 spiro atoms. The molecule has 2 aromatic rings. The fraction of sp³-hybridized carbons (Fsp3) is 0.200. The summed E-state index contributed by atoms with van der Waals surface area (Å²) in [6.07, 6.45) is 0. The first-order valence-electron chi connectivity index (χ1n) is 6.43. The van der Waals surface area contributed by atoms with Crippen molar-refractivity contribution < 1.29 is 19.5 Å². The molecule has 0 bridgehead atoms. The van der Waals surface area contributed by atoms with Gasteiger partial charge in [-0.3, -0.25) is 0 Å². The maximum absolute atomic E-state index is 9.13. The van der Waals surface area contributed by atoms with Crippen molar-refractivity contribution in [1.82, 2.24) is 0 Å². The van der Waals surface area contributed by atoms with Crippen LogP contribution in [-0.2, 0) is 6.61 Å². The highest BCUT2D eigenvalue weighted by atomic mass is 35.5. The van der Waals surface area contributed by atoms with E-state index in [1.165, 1.54) is 0 Å². The third-order valence-corrected chi connectivity index (χ3v) is 3.36. The van der Waals surface area contributed by atoms with E-state index in [4.69, 9.17) is 31.1 Å². The summed E-state index contributed by atoms with van der Waals surface area (Å²) in [5, 5.41) is 18.9. The highest BCUT2D eigenvalue weighted by Gasteiger charge is 2.13. The first-order chi connectivity index (χ1) is 10.0. The van der Waals surface area contributed by atoms with Crippen LogP contribution in [-0.4, -0.2) is 24.3 Å². The summed E-state index contributed by atoms with van der Waals surface area (Å²) >= 11 is 5.98. The Morgan fingerprint density at radius 2 is 1.81 bits per heavy atom. The second kappa shape index (κ2) is 6.85. The molecule has 110 valence electrons. The lowest BCUT2D eigenvalue weighted by Crippen LogP contribution is -2.29. The zero-order valence-corrected chi connectivity index (χ0v) is 12.6. The van der Waals surface area contributed by atoms with Crippen molar-refractivity contribution in [1.29, 1.82) is 0 Å². The number of methoxy groups -OCH3 is 1. The molecule has 2 aromatic carbocycles. The maximum atomic E-state index is 9.13. The number of hydrogen-bond acceptors (Lipinski definition) is 4. The molecule has 21 heavy (non-hydrogen) atoms. The zero-order chi connectivity index (χ0) is 15.4. The first-order valence-corrected chi connectivity index (χ1v) is 6.81. The molecule has 2 rings (SSSR count). The quantitative estimate of drug-likeness (QED) is 0.829. The van der Waals surface area contributed by atoms with Gasteiger partial charge in [-0.05, 0) is 42.2 Å². The van der Waals surface area contributed by atoms with Gasteiger partial charge in [-0.15, -0.1) is 0 Å². The Morgan fingerprint density at radius 1 is 1.10 bits per heavy atom. The summed E-state index contributed by atoms with van der Waals surface area (Å²) in [4.78, 5) is 0. The molecule has 0 aromatic heterocycles. The van der Waals surface area contributed by atoms with Gasteiger partial charge in [0.05, 0.1) is 7.11 Å². The van der Waals surface area contributed by atoms with Crippen LogP contribution < -0.4 is 14.9 Å². The lowest BCUT2D eigenvalue weighted by molar-refractivity contribution is 0.295. The van der Waals surface area contributed by atoms with Crippen molar-refractivity contribution in [2.45, 2.75) is 13.5 Å². The largest absolute Gasteiger partial charge is 0.496 e. The Balaban J connectivity index is 2.15. The number of benzene rings is 2. The summed E-state index contributed by atoms with van der Waals surface area (Å²) < 4.78 is 11.0. The monoisotopic (exact) mass is 306 g/mol. The van der Waals surface area contributed by atoms with Gasteiger partial charge in [0.1, 0.15) is 18.1 Å². The lowest BCUT2D eigenvalue weighted by atomic mass is 9.79. The van der Waals surface area contributed by atoms with Gasteiger partial charge in [0.25, 0.3) is 0 Å². The minimum Gasteiger partial charge on any atom is -0.496 e. The second-order valence-corrected chi connectivity index (χ2v) is 5.08. The molecule has 0 saturated carbocycles. The Kier molecular flexibility index (Phi) is 5.12. The molecule has 0 aliphatic rings. The van der Waals surface area contributed by atoms with Crippen molar-refractivity contribution in [3.05, 3.63) is 52.5 Å². The van der Waals surface area contributed by atoms with Crippen LogP contribution >= 0.6 is 11.6 Å². The molecule has 0 amide bonds. The summed E-state index contributed by atoms with van der Waals surface area (Å²) in [5.41, 5.74) is 2.09. The van der Waals surface area contributed by atoms with E-state index in [9.17, 15) is 0 Å². The highest BCUT2D eigenvalue weighted by molar-refractivity contribution is 6.58. The van der Waals surface area contributed by atoms with Gasteiger partial charge in [0.15, 0.2) is 0 Å². The van der Waals surface area contributed by atoms with Gasteiger partial charge in [-0.25, -0.2) is 0 Å². The molecule has 6 heteroatoms. The Bertz CT molecular complexity index is 631. The zero-order valence-electron chi connectivity index (χ0n) is 11.8. The van der Waals surface area contributed by atoms with Gasteiger partial charge in [-0.1, -0.05) is 23.7 Å². The van der Waals surface area contributed by atoms with Gasteiger partial charge in [0.2, 0.25) is 0 Å². The molecule has 0 fully saturated rings. The van der Waals surface area contributed by atoms with Gasteiger partial charge in [-0.2, -0.15) is 0 Å². The van der Waals surface area contributed by atoms with Crippen LogP contribution in [0.1, 0.15) is 11.1 Å². The minimum atomic E-state index is -1.48. The minimum absolute atomic E-state index is 0.311. The summed E-state index contributed by atoms with van der Waals surface area (Å²) in [5.74, 6) is 1.38. The smallest absolute Gasteiger partial charge is 0.488 e. The van der Waals surface area contributed by atoms with E-state index >= 15 is 0 Å². The Labute approximate surface area is 129 Å². The van der Waals surface area contributed by atoms with Gasteiger partial charge >= 0.3 is 7.12 Å². The van der Waals surface area contributed by atoms with Crippen LogP contribution in [0, 0.1) is 6.92 Å². The van der Waals surface area contributed by atoms with Gasteiger partial charge < -0.3 is 19.5 Å². The van der Waals surface area contributed by atoms with E-state index in [1.807, 2.05) is 6.92 Å². The van der Waals surface area contributed by atoms with E-state index in [0.29, 0.717) is 28.6 Å². The molecule has 4 nitrogen and oxygen atoms in total. The predicted molar refractivity (Wildman–Crippen MR) is 83.3 cm³/mol. The average Bonchev–Trinajstić information content (AvgIpc) is 2.46. The van der Waals surface area contributed by atoms with E-state index in [1.54, 1.807) is 43.5 Å². The van der Waals surface area contributed by atoms with Crippen molar-refractivity contribution >= 4 is 24.2 Å². The van der Waals surface area contributed by atoms with Crippen molar-refractivity contribution in [3.63, 3.8) is 0 Å². The summed E-state index contributed by atoms with van der Waals surface area (Å²) in [7, 11) is 0.112. The normalized spacial score (nSPS) is 10.3. The van der Waals surface area contributed by atoms with Crippen LogP contribution in [0.2, 0.25) is 5.02 Å². The standard InChI is InChI=1S/C15H16BClO4/c1-10-7-12(16(18)19)3-5-14(10)21-9-11-8-13(17)4-6-15(11)20-2/h3-8,18-19H,9H2,1-2H3. The number of ether oxygens (including phenoxy) is 2. The van der Waals surface area contributed by atoms with E-state index in [-0.39, 0.29) is 0 Å². The number of aryl methyl sites for hydroxylation is 1. The molecule has 0 radical (unpaired) electrons. The Hall–Kier alpha value is -1.69. The van der Waals surface area contributed by atoms with Gasteiger partial charge in [0, 0.05) is 10.6 Å². The number of halogens is 1. The molecule has 2 N–H and O–H groups in total. The third-order valence-electron chi connectivity index (χ3n) is 3.12. The topological polar surface area (TPSA) is 58.9 Å². The summed E-state index contributed by atoms with van der Waals surface area (Å²) in [6.45, 7) is 2.15. The molecule has 0 saturated heterocycles. The molecule has 0 heterocycles. The number of hydrogen-bond donors (Lipinski definition) is 2. The Morgan fingerprint density at radius 3 is 2.43 bits per heavy atom. The first kappa shape index (κ1) is 15.7. The lowest BCUT2D eigenvalue weighted by Gasteiger charge is -2.13. The molecule has 0 aliphatic carbocycles. The highest BCUT2D eigenvalue weighted by Crippen LogP contribution is 2.25. The van der Waals surface area contributed by atoms with Crippen molar-refractivity contribution in [2.24, 2.45) is 0 Å². The fourth-order valence-corrected chi connectivity index (χ4v) is 2.21. The SMILES string of the molecule is COc1ccc(Cl)cc1COc1ccc(B(O)O)cc1C. The van der Waals surface area contributed by atoms with E-state index in [2.05, 4.69) is 0 Å². The predicted octanol–water partition coefficient (Wildman–Crippen LogP) is 1.92. The second-order valence-electron chi connectivity index (χ2n) is 4.64. The van der Waals surface area contributed by atoms with Crippen LogP contribution in [0.15, 0.2) is 36.4 Å². The van der Waals surface area contributed by atoms with Crippen LogP contribution in [0.25, 0.3) is 0 Å². The third kappa shape index (κ3) is 3.91. The van der Waals surface area contributed by atoms with Crippen LogP contribution in [0.3, 0.4) is 0 Å². The number of rotatable bonds is 5. The molecular formula is C15H16BClO4. The van der Waals surface area contributed by atoms with Crippen molar-refractivity contribution in [3.8, 4) is 11.5 Å². The summed E-state index contributed by atoms with van der Waals surface area (Å²) in [6, 6.07) is 10.3. The van der Waals surface area contributed by atoms with E-state index in [0.717, 1.165) is 11.1 Å². The molecule has 0 aliphatic heterocycles. The van der Waals surface area contributed by atoms with Crippen LogP contribution in [0.4, 0.5) is 0 Å². The average molecular weight is 307 g/mol. The maximum Gasteiger partial charge on any atom is 0.488 e. The molecular weight excluding hydrogens is 290 g/mol. The molecule has 0 atom stereocenters. The fourth-order valence-electron chi connectivity index (χ4n) is 2.01. The van der Waals surface area contributed by atoms with E-state index < -0.39 is 7.12 Å².